The molecule has 0 aliphatic heterocycles. The SMILES string of the molecule is CN(CC1CC(O)C1)C(=O)C1(C(N)=S)CCCCC1. The summed E-state index contributed by atoms with van der Waals surface area (Å²) >= 11 is 5.19. The van der Waals surface area contributed by atoms with Gasteiger partial charge in [-0.2, -0.15) is 0 Å². The Bertz CT molecular complexity index is 360. The molecule has 0 spiro atoms. The molecule has 0 aromatic heterocycles. The van der Waals surface area contributed by atoms with Crippen LogP contribution in [0.25, 0.3) is 0 Å². The van der Waals surface area contributed by atoms with Gasteiger partial charge in [0, 0.05) is 13.6 Å². The van der Waals surface area contributed by atoms with E-state index in [9.17, 15) is 9.90 Å². The van der Waals surface area contributed by atoms with Gasteiger partial charge in [-0.3, -0.25) is 4.79 Å². The zero-order chi connectivity index (χ0) is 14.0. The highest BCUT2D eigenvalue weighted by molar-refractivity contribution is 7.80. The van der Waals surface area contributed by atoms with Crippen molar-refractivity contribution in [1.82, 2.24) is 4.90 Å². The lowest BCUT2D eigenvalue weighted by Crippen LogP contribution is -2.52. The van der Waals surface area contributed by atoms with Gasteiger partial charge in [0.1, 0.15) is 0 Å². The van der Waals surface area contributed by atoms with Crippen molar-refractivity contribution in [2.45, 2.75) is 51.0 Å². The molecule has 0 heterocycles. The molecule has 0 unspecified atom stereocenters. The minimum absolute atomic E-state index is 0.0843. The van der Waals surface area contributed by atoms with E-state index in [2.05, 4.69) is 0 Å². The Kier molecular flexibility index (Phi) is 4.46. The van der Waals surface area contributed by atoms with Crippen molar-refractivity contribution < 1.29 is 9.90 Å². The molecule has 1 amide bonds. The lowest BCUT2D eigenvalue weighted by Gasteiger charge is -2.40. The molecule has 0 bridgehead atoms. The van der Waals surface area contributed by atoms with Crippen LogP contribution in [0.4, 0.5) is 0 Å². The van der Waals surface area contributed by atoms with E-state index in [0.717, 1.165) is 44.9 Å². The van der Waals surface area contributed by atoms with Crippen LogP contribution < -0.4 is 5.73 Å². The van der Waals surface area contributed by atoms with E-state index in [1.165, 1.54) is 0 Å². The Hall–Kier alpha value is -0.680. The molecule has 19 heavy (non-hydrogen) atoms. The fourth-order valence-electron chi connectivity index (χ4n) is 3.41. The normalized spacial score (nSPS) is 29.4. The first kappa shape index (κ1) is 14.7. The second kappa shape index (κ2) is 5.75. The molecule has 4 nitrogen and oxygen atoms in total. The Morgan fingerprint density at radius 1 is 1.37 bits per heavy atom. The summed E-state index contributed by atoms with van der Waals surface area (Å²) in [5.74, 6) is 0.511. The number of hydrogen-bond acceptors (Lipinski definition) is 3. The zero-order valence-corrected chi connectivity index (χ0v) is 12.4. The molecule has 2 aliphatic carbocycles. The van der Waals surface area contributed by atoms with Gasteiger partial charge in [-0.05, 0) is 31.6 Å². The first-order valence-electron chi connectivity index (χ1n) is 7.19. The fraction of sp³-hybridized carbons (Fsp3) is 0.857. The van der Waals surface area contributed by atoms with Crippen molar-refractivity contribution >= 4 is 23.1 Å². The minimum atomic E-state index is -0.606. The van der Waals surface area contributed by atoms with Gasteiger partial charge >= 0.3 is 0 Å². The van der Waals surface area contributed by atoms with E-state index in [1.54, 1.807) is 4.90 Å². The highest BCUT2D eigenvalue weighted by atomic mass is 32.1. The second-order valence-corrected chi connectivity index (χ2v) is 6.62. The third-order valence-corrected chi connectivity index (χ3v) is 5.07. The Balaban J connectivity index is 2.00. The second-order valence-electron chi connectivity index (χ2n) is 6.18. The standard InChI is InChI=1S/C14H24N2O2S/c1-16(9-10-7-11(17)8-10)13(18)14(12(15)19)5-3-2-4-6-14/h10-11,17H,2-9H2,1H3,(H2,15,19). The topological polar surface area (TPSA) is 66.6 Å². The van der Waals surface area contributed by atoms with Crippen LogP contribution in [0.5, 0.6) is 0 Å². The van der Waals surface area contributed by atoms with Gasteiger partial charge in [-0.1, -0.05) is 31.5 Å². The van der Waals surface area contributed by atoms with Gasteiger partial charge in [0.2, 0.25) is 5.91 Å². The van der Waals surface area contributed by atoms with Crippen molar-refractivity contribution in [3.8, 4) is 0 Å². The summed E-state index contributed by atoms with van der Waals surface area (Å²) in [4.78, 5) is 14.9. The Morgan fingerprint density at radius 3 is 2.42 bits per heavy atom. The maximum absolute atomic E-state index is 12.7. The predicted molar refractivity (Wildman–Crippen MR) is 78.7 cm³/mol. The number of aliphatic hydroxyl groups is 1. The lowest BCUT2D eigenvalue weighted by molar-refractivity contribution is -0.140. The molecule has 0 atom stereocenters. The van der Waals surface area contributed by atoms with Crippen molar-refractivity contribution in [2.75, 3.05) is 13.6 Å². The molecular weight excluding hydrogens is 260 g/mol. The highest BCUT2D eigenvalue weighted by Gasteiger charge is 2.44. The van der Waals surface area contributed by atoms with Gasteiger partial charge in [0.25, 0.3) is 0 Å². The van der Waals surface area contributed by atoms with Gasteiger partial charge in [0.05, 0.1) is 16.5 Å². The molecule has 108 valence electrons. The van der Waals surface area contributed by atoms with Crippen LogP contribution in [0.2, 0.25) is 0 Å². The monoisotopic (exact) mass is 284 g/mol. The van der Waals surface area contributed by atoms with Crippen molar-refractivity contribution in [2.24, 2.45) is 17.1 Å². The summed E-state index contributed by atoms with van der Waals surface area (Å²) in [5.41, 5.74) is 5.28. The zero-order valence-electron chi connectivity index (χ0n) is 11.6. The first-order valence-corrected chi connectivity index (χ1v) is 7.60. The molecule has 2 rings (SSSR count). The minimum Gasteiger partial charge on any atom is -0.393 e. The molecule has 0 saturated heterocycles. The van der Waals surface area contributed by atoms with Crippen LogP contribution in [-0.2, 0) is 4.79 Å². The number of aliphatic hydroxyl groups excluding tert-OH is 1. The maximum Gasteiger partial charge on any atom is 0.235 e. The summed E-state index contributed by atoms with van der Waals surface area (Å²) < 4.78 is 0. The number of thiocarbonyl (C=S) groups is 1. The van der Waals surface area contributed by atoms with Crippen molar-refractivity contribution in [3.05, 3.63) is 0 Å². The molecule has 2 saturated carbocycles. The molecule has 0 aromatic carbocycles. The number of amides is 1. The molecule has 2 fully saturated rings. The quantitative estimate of drug-likeness (QED) is 0.767. The molecular formula is C14H24N2O2S. The van der Waals surface area contributed by atoms with E-state index in [0.29, 0.717) is 17.5 Å². The third-order valence-electron chi connectivity index (χ3n) is 4.68. The van der Waals surface area contributed by atoms with Crippen LogP contribution in [0, 0.1) is 11.3 Å². The van der Waals surface area contributed by atoms with Crippen molar-refractivity contribution in [1.29, 1.82) is 0 Å². The summed E-state index contributed by atoms with van der Waals surface area (Å²) in [7, 11) is 1.83. The number of nitrogens with zero attached hydrogens (tertiary/aromatic N) is 1. The summed E-state index contributed by atoms with van der Waals surface area (Å²) in [5, 5.41) is 9.31. The Morgan fingerprint density at radius 2 is 1.95 bits per heavy atom. The fourth-order valence-corrected chi connectivity index (χ4v) is 3.70. The molecule has 5 heteroatoms. The average Bonchev–Trinajstić information content (AvgIpc) is 2.36. The van der Waals surface area contributed by atoms with Gasteiger partial charge < -0.3 is 15.7 Å². The molecule has 0 radical (unpaired) electrons. The van der Waals surface area contributed by atoms with Crippen LogP contribution >= 0.6 is 12.2 Å². The highest BCUT2D eigenvalue weighted by Crippen LogP contribution is 2.39. The predicted octanol–water partition coefficient (Wildman–Crippen LogP) is 1.45. The molecule has 3 N–H and O–H groups in total. The van der Waals surface area contributed by atoms with Crippen LogP contribution in [0.3, 0.4) is 0 Å². The van der Waals surface area contributed by atoms with E-state index >= 15 is 0 Å². The number of carbonyl (C=O) groups is 1. The van der Waals surface area contributed by atoms with Gasteiger partial charge in [-0.25, -0.2) is 0 Å². The number of rotatable bonds is 4. The van der Waals surface area contributed by atoms with Crippen molar-refractivity contribution in [3.63, 3.8) is 0 Å². The average molecular weight is 284 g/mol. The summed E-state index contributed by atoms with van der Waals surface area (Å²) in [6, 6.07) is 0. The van der Waals surface area contributed by atoms with E-state index in [4.69, 9.17) is 18.0 Å². The Labute approximate surface area is 120 Å². The third kappa shape index (κ3) is 2.92. The number of nitrogens with two attached hydrogens (primary N) is 1. The van der Waals surface area contributed by atoms with E-state index in [1.807, 2.05) is 7.05 Å². The van der Waals surface area contributed by atoms with Gasteiger partial charge in [0.15, 0.2) is 0 Å². The van der Waals surface area contributed by atoms with Crippen LogP contribution in [0.1, 0.15) is 44.9 Å². The smallest absolute Gasteiger partial charge is 0.235 e. The van der Waals surface area contributed by atoms with Crippen LogP contribution in [-0.4, -0.2) is 40.6 Å². The van der Waals surface area contributed by atoms with Gasteiger partial charge in [-0.15, -0.1) is 0 Å². The van der Waals surface area contributed by atoms with E-state index in [-0.39, 0.29) is 12.0 Å². The molecule has 2 aliphatic rings. The first-order chi connectivity index (χ1) is 8.95. The lowest BCUT2D eigenvalue weighted by atomic mass is 9.72. The maximum atomic E-state index is 12.7. The molecule has 0 aromatic rings. The number of hydrogen-bond donors (Lipinski definition) is 2. The van der Waals surface area contributed by atoms with E-state index < -0.39 is 5.41 Å². The summed E-state index contributed by atoms with van der Waals surface area (Å²) in [6.07, 6.45) is 6.23. The number of carbonyl (C=O) groups excluding carboxylic acids is 1. The largest absolute Gasteiger partial charge is 0.393 e. The van der Waals surface area contributed by atoms with Crippen LogP contribution in [0.15, 0.2) is 0 Å². The summed E-state index contributed by atoms with van der Waals surface area (Å²) in [6.45, 7) is 0.709.